The van der Waals surface area contributed by atoms with Crippen LogP contribution in [0, 0.1) is 0 Å². The molecule has 5 heteroatoms. The molecule has 0 amide bonds. The van der Waals surface area contributed by atoms with E-state index in [0.29, 0.717) is 12.0 Å². The van der Waals surface area contributed by atoms with Gasteiger partial charge in [-0.15, -0.1) is 0 Å². The number of hydrogen-bond donors (Lipinski definition) is 1. The van der Waals surface area contributed by atoms with Crippen LogP contribution in [0.3, 0.4) is 0 Å². The minimum atomic E-state index is -3.97. The van der Waals surface area contributed by atoms with Gasteiger partial charge in [-0.05, 0) is 24.1 Å². The van der Waals surface area contributed by atoms with Crippen molar-refractivity contribution < 1.29 is 17.9 Å². The minimum Gasteiger partial charge on any atom is -0.381 e. The van der Waals surface area contributed by atoms with E-state index in [-0.39, 0.29) is 16.2 Å². The fourth-order valence-corrected chi connectivity index (χ4v) is 3.93. The monoisotopic (exact) mass is 334 g/mol. The molecule has 0 aliphatic heterocycles. The van der Waals surface area contributed by atoms with Crippen LogP contribution in [-0.2, 0) is 9.84 Å². The summed E-state index contributed by atoms with van der Waals surface area (Å²) in [7, 11) is -3.97. The van der Waals surface area contributed by atoms with Crippen molar-refractivity contribution in [2.45, 2.75) is 30.8 Å². The SMILES string of the molecule is CCC/C(=C(/F)C(O)c1ccccc1)S(=O)(=O)c1ccccc1. The minimum absolute atomic E-state index is 0.0267. The Labute approximate surface area is 136 Å². The van der Waals surface area contributed by atoms with E-state index < -0.39 is 21.8 Å². The Hall–Kier alpha value is -1.98. The molecule has 0 aromatic heterocycles. The second kappa shape index (κ2) is 7.53. The normalized spacial score (nSPS) is 14.2. The molecule has 122 valence electrons. The molecule has 2 aromatic carbocycles. The molecule has 1 N–H and O–H groups in total. The zero-order chi connectivity index (χ0) is 16.9. The van der Waals surface area contributed by atoms with Crippen LogP contribution >= 0.6 is 0 Å². The van der Waals surface area contributed by atoms with Crippen LogP contribution in [-0.4, -0.2) is 13.5 Å². The van der Waals surface area contributed by atoms with Gasteiger partial charge in [0.05, 0.1) is 9.80 Å². The number of benzene rings is 2. The highest BCUT2D eigenvalue weighted by atomic mass is 32.2. The van der Waals surface area contributed by atoms with E-state index in [2.05, 4.69) is 0 Å². The molecular weight excluding hydrogens is 315 g/mol. The average Bonchev–Trinajstić information content (AvgIpc) is 2.60. The van der Waals surface area contributed by atoms with Crippen molar-refractivity contribution in [2.24, 2.45) is 0 Å². The average molecular weight is 334 g/mol. The highest BCUT2D eigenvalue weighted by molar-refractivity contribution is 7.95. The summed E-state index contributed by atoms with van der Waals surface area (Å²) in [4.78, 5) is -0.332. The molecule has 3 nitrogen and oxygen atoms in total. The summed E-state index contributed by atoms with van der Waals surface area (Å²) in [6.07, 6.45) is -1.10. The zero-order valence-electron chi connectivity index (χ0n) is 12.8. The first-order chi connectivity index (χ1) is 11.0. The largest absolute Gasteiger partial charge is 0.381 e. The molecule has 0 bridgehead atoms. The highest BCUT2D eigenvalue weighted by Gasteiger charge is 2.28. The Kier molecular flexibility index (Phi) is 5.69. The van der Waals surface area contributed by atoms with Gasteiger partial charge >= 0.3 is 0 Å². The number of sulfone groups is 1. The highest BCUT2D eigenvalue weighted by Crippen LogP contribution is 2.33. The van der Waals surface area contributed by atoms with Crippen LogP contribution in [0.25, 0.3) is 0 Å². The Balaban J connectivity index is 2.52. The standard InChI is InChI=1S/C18H19FO3S/c1-2-9-16(23(21,22)15-12-7-4-8-13-15)17(19)18(20)14-10-5-3-6-11-14/h3-8,10-13,18,20H,2,9H2,1H3/b17-16-. The first kappa shape index (κ1) is 17.4. The summed E-state index contributed by atoms with van der Waals surface area (Å²) in [5.41, 5.74) is 0.321. The lowest BCUT2D eigenvalue weighted by Gasteiger charge is -2.15. The fourth-order valence-electron chi connectivity index (χ4n) is 2.29. The van der Waals surface area contributed by atoms with Gasteiger partial charge in [-0.25, -0.2) is 12.8 Å². The topological polar surface area (TPSA) is 54.4 Å². The summed E-state index contributed by atoms with van der Waals surface area (Å²) in [5.74, 6) is -1.01. The smallest absolute Gasteiger partial charge is 0.205 e. The molecule has 2 rings (SSSR count). The van der Waals surface area contributed by atoms with E-state index in [1.54, 1.807) is 55.5 Å². The fraction of sp³-hybridized carbons (Fsp3) is 0.222. The van der Waals surface area contributed by atoms with E-state index in [9.17, 15) is 17.9 Å². The molecule has 1 atom stereocenters. The molecule has 0 aliphatic rings. The predicted octanol–water partition coefficient (Wildman–Crippen LogP) is 4.18. The number of hydrogen-bond acceptors (Lipinski definition) is 3. The van der Waals surface area contributed by atoms with Gasteiger partial charge in [-0.3, -0.25) is 0 Å². The number of aliphatic hydroxyl groups excluding tert-OH is 1. The third-order valence-corrected chi connectivity index (χ3v) is 5.42. The lowest BCUT2D eigenvalue weighted by atomic mass is 10.1. The van der Waals surface area contributed by atoms with Crippen molar-refractivity contribution in [3.63, 3.8) is 0 Å². The molecule has 0 spiro atoms. The maximum Gasteiger partial charge on any atom is 0.205 e. The van der Waals surface area contributed by atoms with E-state index in [4.69, 9.17) is 0 Å². The Morgan fingerprint density at radius 1 is 1.04 bits per heavy atom. The van der Waals surface area contributed by atoms with Gasteiger partial charge in [0.25, 0.3) is 0 Å². The van der Waals surface area contributed by atoms with Crippen LogP contribution in [0.4, 0.5) is 4.39 Å². The number of aliphatic hydroxyl groups is 1. The van der Waals surface area contributed by atoms with Gasteiger partial charge in [0, 0.05) is 0 Å². The van der Waals surface area contributed by atoms with Gasteiger partial charge < -0.3 is 5.11 Å². The molecule has 0 aliphatic carbocycles. The van der Waals surface area contributed by atoms with Crippen LogP contribution in [0.15, 0.2) is 76.3 Å². The lowest BCUT2D eigenvalue weighted by Crippen LogP contribution is -2.10. The van der Waals surface area contributed by atoms with Crippen molar-refractivity contribution in [1.29, 1.82) is 0 Å². The van der Waals surface area contributed by atoms with Gasteiger partial charge in [0.1, 0.15) is 11.9 Å². The number of rotatable bonds is 6. The van der Waals surface area contributed by atoms with Crippen molar-refractivity contribution in [2.75, 3.05) is 0 Å². The van der Waals surface area contributed by atoms with Gasteiger partial charge in [-0.2, -0.15) is 0 Å². The van der Waals surface area contributed by atoms with Crippen molar-refractivity contribution >= 4 is 9.84 Å². The second-order valence-corrected chi connectivity index (χ2v) is 7.12. The molecular formula is C18H19FO3S. The predicted molar refractivity (Wildman–Crippen MR) is 88.1 cm³/mol. The van der Waals surface area contributed by atoms with Crippen molar-refractivity contribution in [1.82, 2.24) is 0 Å². The Morgan fingerprint density at radius 3 is 2.09 bits per heavy atom. The third kappa shape index (κ3) is 3.86. The van der Waals surface area contributed by atoms with Gasteiger partial charge in [-0.1, -0.05) is 61.9 Å². The summed E-state index contributed by atoms with van der Waals surface area (Å²) in [6.45, 7) is 1.77. The molecule has 2 aromatic rings. The number of allylic oxidation sites excluding steroid dienone is 1. The van der Waals surface area contributed by atoms with E-state index >= 15 is 0 Å². The molecule has 0 fully saturated rings. The third-order valence-electron chi connectivity index (χ3n) is 3.48. The van der Waals surface area contributed by atoms with Crippen LogP contribution < -0.4 is 0 Å². The molecule has 0 radical (unpaired) electrons. The molecule has 0 saturated carbocycles. The molecule has 0 saturated heterocycles. The van der Waals surface area contributed by atoms with Crippen LogP contribution in [0.2, 0.25) is 0 Å². The summed E-state index contributed by atoms with van der Waals surface area (Å²) < 4.78 is 40.1. The van der Waals surface area contributed by atoms with E-state index in [1.807, 2.05) is 0 Å². The van der Waals surface area contributed by atoms with Gasteiger partial charge in [0.15, 0.2) is 0 Å². The number of halogens is 1. The van der Waals surface area contributed by atoms with E-state index in [0.717, 1.165) is 0 Å². The Bertz CT molecular complexity index is 768. The Morgan fingerprint density at radius 2 is 1.57 bits per heavy atom. The first-order valence-corrected chi connectivity index (χ1v) is 8.88. The lowest BCUT2D eigenvalue weighted by molar-refractivity contribution is 0.184. The molecule has 1 unspecified atom stereocenters. The maximum absolute atomic E-state index is 14.8. The first-order valence-electron chi connectivity index (χ1n) is 7.40. The second-order valence-electron chi connectivity index (χ2n) is 5.15. The van der Waals surface area contributed by atoms with Gasteiger partial charge in [0.2, 0.25) is 9.84 Å². The van der Waals surface area contributed by atoms with Crippen molar-refractivity contribution in [3.8, 4) is 0 Å². The quantitative estimate of drug-likeness (QED) is 0.862. The summed E-state index contributed by atoms with van der Waals surface area (Å²) in [6, 6.07) is 15.9. The van der Waals surface area contributed by atoms with Crippen molar-refractivity contribution in [3.05, 3.63) is 77.0 Å². The van der Waals surface area contributed by atoms with Crippen LogP contribution in [0.1, 0.15) is 31.4 Å². The summed E-state index contributed by atoms with van der Waals surface area (Å²) >= 11 is 0. The molecule has 0 heterocycles. The zero-order valence-corrected chi connectivity index (χ0v) is 13.6. The summed E-state index contributed by atoms with van der Waals surface area (Å²) in [5, 5.41) is 10.2. The maximum atomic E-state index is 14.8. The molecule has 23 heavy (non-hydrogen) atoms. The van der Waals surface area contributed by atoms with Crippen LogP contribution in [0.5, 0.6) is 0 Å². The van der Waals surface area contributed by atoms with E-state index in [1.165, 1.54) is 12.1 Å².